The van der Waals surface area contributed by atoms with Crippen LogP contribution < -0.4 is 5.32 Å². The Morgan fingerprint density at radius 3 is 3.21 bits per heavy atom. The number of aromatic nitrogens is 2. The number of nitrogens with one attached hydrogen (secondary N) is 1. The van der Waals surface area contributed by atoms with E-state index in [1.54, 1.807) is 4.68 Å². The maximum atomic E-state index is 9.40. The van der Waals surface area contributed by atoms with Gasteiger partial charge in [0.1, 0.15) is 0 Å². The summed E-state index contributed by atoms with van der Waals surface area (Å²) < 4.78 is 1.79. The first-order valence-corrected chi connectivity index (χ1v) is 4.80. The van der Waals surface area contributed by atoms with Gasteiger partial charge >= 0.3 is 0 Å². The number of hydrogen-bond acceptors (Lipinski definition) is 3. The van der Waals surface area contributed by atoms with Gasteiger partial charge in [-0.05, 0) is 12.0 Å². The van der Waals surface area contributed by atoms with Gasteiger partial charge in [-0.3, -0.25) is 4.68 Å². The molecule has 0 radical (unpaired) electrons. The van der Waals surface area contributed by atoms with Crippen molar-refractivity contribution in [1.82, 2.24) is 15.1 Å². The smallest absolute Gasteiger partial charge is 0.0848 e. The maximum absolute atomic E-state index is 9.40. The van der Waals surface area contributed by atoms with E-state index in [-0.39, 0.29) is 6.10 Å². The summed E-state index contributed by atoms with van der Waals surface area (Å²) in [5.41, 5.74) is 2.42. The van der Waals surface area contributed by atoms with Crippen LogP contribution in [-0.2, 0) is 13.5 Å². The van der Waals surface area contributed by atoms with Crippen LogP contribution in [0.15, 0.2) is 24.0 Å². The van der Waals surface area contributed by atoms with E-state index in [9.17, 15) is 5.11 Å². The first-order chi connectivity index (χ1) is 6.74. The minimum absolute atomic E-state index is 0.338. The van der Waals surface area contributed by atoms with Crippen molar-refractivity contribution in [2.75, 3.05) is 13.1 Å². The Kier molecular flexibility index (Phi) is 2.65. The summed E-state index contributed by atoms with van der Waals surface area (Å²) >= 11 is 0. The molecule has 0 saturated carbocycles. The first kappa shape index (κ1) is 9.43. The van der Waals surface area contributed by atoms with Crippen LogP contribution in [0, 0.1) is 0 Å². The number of rotatable bonds is 2. The summed E-state index contributed by atoms with van der Waals surface area (Å²) in [7, 11) is 1.91. The number of hydrogen-bond donors (Lipinski definition) is 2. The van der Waals surface area contributed by atoms with E-state index in [1.807, 2.05) is 25.5 Å². The molecule has 1 unspecified atom stereocenters. The second kappa shape index (κ2) is 3.94. The molecule has 4 heteroatoms. The summed E-state index contributed by atoms with van der Waals surface area (Å²) in [6, 6.07) is 0. The summed E-state index contributed by atoms with van der Waals surface area (Å²) in [5, 5.41) is 16.7. The summed E-state index contributed by atoms with van der Waals surface area (Å²) in [4.78, 5) is 0. The predicted molar refractivity (Wildman–Crippen MR) is 53.9 cm³/mol. The van der Waals surface area contributed by atoms with E-state index in [0.717, 1.165) is 13.0 Å². The first-order valence-electron chi connectivity index (χ1n) is 4.80. The van der Waals surface area contributed by atoms with Crippen LogP contribution in [0.3, 0.4) is 0 Å². The van der Waals surface area contributed by atoms with Crippen LogP contribution in [0.1, 0.15) is 5.56 Å². The minimum Gasteiger partial charge on any atom is -0.388 e. The second-order valence-electron chi connectivity index (χ2n) is 3.72. The molecule has 0 aromatic carbocycles. The quantitative estimate of drug-likeness (QED) is 0.642. The lowest BCUT2D eigenvalue weighted by Gasteiger charge is -2.17. The van der Waals surface area contributed by atoms with Crippen LogP contribution in [-0.4, -0.2) is 34.1 Å². The fraction of sp³-hybridized carbons (Fsp3) is 0.500. The van der Waals surface area contributed by atoms with E-state index >= 15 is 0 Å². The lowest BCUT2D eigenvalue weighted by Crippen LogP contribution is -2.32. The van der Waals surface area contributed by atoms with Crippen molar-refractivity contribution in [2.24, 2.45) is 7.05 Å². The van der Waals surface area contributed by atoms with Crippen molar-refractivity contribution < 1.29 is 5.11 Å². The largest absolute Gasteiger partial charge is 0.388 e. The minimum atomic E-state index is -0.338. The molecule has 1 atom stereocenters. The van der Waals surface area contributed by atoms with Crippen molar-refractivity contribution >= 4 is 0 Å². The van der Waals surface area contributed by atoms with Gasteiger partial charge in [-0.2, -0.15) is 5.10 Å². The predicted octanol–water partition coefficient (Wildman–Crippen LogP) is -0.147. The molecule has 0 fully saturated rings. The van der Waals surface area contributed by atoms with Gasteiger partial charge in [0.2, 0.25) is 0 Å². The Hall–Kier alpha value is -1.13. The zero-order chi connectivity index (χ0) is 9.97. The molecular formula is C10H15N3O. The zero-order valence-electron chi connectivity index (χ0n) is 8.27. The third-order valence-electron chi connectivity index (χ3n) is 2.32. The highest BCUT2D eigenvalue weighted by Crippen LogP contribution is 2.09. The Balaban J connectivity index is 2.03. The third kappa shape index (κ3) is 2.21. The van der Waals surface area contributed by atoms with Gasteiger partial charge in [0, 0.05) is 26.3 Å². The van der Waals surface area contributed by atoms with E-state index < -0.39 is 0 Å². The molecule has 4 nitrogen and oxygen atoms in total. The molecule has 2 heterocycles. The molecule has 1 aliphatic heterocycles. The van der Waals surface area contributed by atoms with Gasteiger partial charge in [0.25, 0.3) is 0 Å². The fourth-order valence-electron chi connectivity index (χ4n) is 1.72. The number of aliphatic hydroxyl groups is 1. The van der Waals surface area contributed by atoms with Gasteiger partial charge in [-0.15, -0.1) is 0 Å². The molecule has 1 aromatic heterocycles. The van der Waals surface area contributed by atoms with Crippen LogP contribution in [0.2, 0.25) is 0 Å². The second-order valence-corrected chi connectivity index (χ2v) is 3.72. The summed E-state index contributed by atoms with van der Waals surface area (Å²) in [6.45, 7) is 1.53. The van der Waals surface area contributed by atoms with Crippen molar-refractivity contribution in [3.63, 3.8) is 0 Å². The Labute approximate surface area is 83.2 Å². The normalized spacial score (nSPS) is 22.1. The van der Waals surface area contributed by atoms with Crippen LogP contribution in [0.25, 0.3) is 0 Å². The molecule has 0 amide bonds. The number of β-amino-alcohol motifs (C(OH)–C–C–N with tert-alkyl or cyclic N) is 1. The Bertz CT molecular complexity index is 343. The van der Waals surface area contributed by atoms with Gasteiger partial charge < -0.3 is 10.4 Å². The van der Waals surface area contributed by atoms with Crippen molar-refractivity contribution in [2.45, 2.75) is 12.5 Å². The van der Waals surface area contributed by atoms with E-state index in [0.29, 0.717) is 6.54 Å². The Morgan fingerprint density at radius 2 is 2.57 bits per heavy atom. The van der Waals surface area contributed by atoms with Crippen molar-refractivity contribution in [3.8, 4) is 0 Å². The van der Waals surface area contributed by atoms with Gasteiger partial charge in [-0.25, -0.2) is 0 Å². The zero-order valence-corrected chi connectivity index (χ0v) is 8.27. The van der Waals surface area contributed by atoms with E-state index in [1.165, 1.54) is 11.1 Å². The molecule has 0 spiro atoms. The molecule has 0 aliphatic carbocycles. The highest BCUT2D eigenvalue weighted by Gasteiger charge is 2.10. The lowest BCUT2D eigenvalue weighted by atomic mass is 10.0. The average Bonchev–Trinajstić information content (AvgIpc) is 2.51. The molecular weight excluding hydrogens is 178 g/mol. The molecule has 1 aliphatic rings. The molecule has 14 heavy (non-hydrogen) atoms. The molecule has 76 valence electrons. The van der Waals surface area contributed by atoms with Crippen molar-refractivity contribution in [1.29, 1.82) is 0 Å². The Morgan fingerprint density at radius 1 is 1.71 bits per heavy atom. The fourth-order valence-corrected chi connectivity index (χ4v) is 1.72. The average molecular weight is 193 g/mol. The van der Waals surface area contributed by atoms with Gasteiger partial charge in [0.15, 0.2) is 0 Å². The number of aliphatic hydroxyl groups excluding tert-OH is 1. The SMILES string of the molecule is Cn1cc(CC2=CC(O)CNC2)cn1. The van der Waals surface area contributed by atoms with Gasteiger partial charge in [-0.1, -0.05) is 11.6 Å². The van der Waals surface area contributed by atoms with Crippen molar-refractivity contribution in [3.05, 3.63) is 29.6 Å². The lowest BCUT2D eigenvalue weighted by molar-refractivity contribution is 0.213. The standard InChI is InChI=1S/C10H15N3O/c1-13-7-9(5-12-13)2-8-3-10(14)6-11-4-8/h3,5,7,10-11,14H,2,4,6H2,1H3. The molecule has 0 saturated heterocycles. The van der Waals surface area contributed by atoms with Crippen LogP contribution >= 0.6 is 0 Å². The molecule has 1 aromatic rings. The topological polar surface area (TPSA) is 50.1 Å². The van der Waals surface area contributed by atoms with Crippen LogP contribution in [0.4, 0.5) is 0 Å². The van der Waals surface area contributed by atoms with Crippen LogP contribution in [0.5, 0.6) is 0 Å². The number of nitrogens with zero attached hydrogens (tertiary/aromatic N) is 2. The van der Waals surface area contributed by atoms with E-state index in [2.05, 4.69) is 10.4 Å². The maximum Gasteiger partial charge on any atom is 0.0848 e. The summed E-state index contributed by atoms with van der Waals surface area (Å²) in [5.74, 6) is 0. The third-order valence-corrected chi connectivity index (χ3v) is 2.32. The molecule has 2 N–H and O–H groups in total. The molecule has 0 bridgehead atoms. The molecule has 2 rings (SSSR count). The van der Waals surface area contributed by atoms with E-state index in [4.69, 9.17) is 0 Å². The number of aryl methyl sites for hydroxylation is 1. The summed E-state index contributed by atoms with van der Waals surface area (Å²) in [6.07, 6.45) is 6.33. The monoisotopic (exact) mass is 193 g/mol. The highest BCUT2D eigenvalue weighted by molar-refractivity contribution is 5.20. The highest BCUT2D eigenvalue weighted by atomic mass is 16.3. The van der Waals surface area contributed by atoms with Gasteiger partial charge in [0.05, 0.1) is 12.3 Å².